The molecule has 1 aromatic carbocycles. The van der Waals surface area contributed by atoms with Crippen LogP contribution in [0.4, 0.5) is 4.39 Å². The highest BCUT2D eigenvalue weighted by Crippen LogP contribution is 2.41. The second-order valence-electron chi connectivity index (χ2n) is 5.36. The number of halogens is 1. The van der Waals surface area contributed by atoms with E-state index in [1.807, 2.05) is 0 Å². The highest BCUT2D eigenvalue weighted by Gasteiger charge is 2.51. The second kappa shape index (κ2) is 4.95. The summed E-state index contributed by atoms with van der Waals surface area (Å²) in [5, 5.41) is 9.45. The Bertz CT molecular complexity index is 648. The van der Waals surface area contributed by atoms with Gasteiger partial charge in [-0.3, -0.25) is 14.4 Å². The lowest BCUT2D eigenvalue weighted by molar-refractivity contribution is -0.150. The molecular formula is C15H15FO5. The quantitative estimate of drug-likeness (QED) is 0.664. The molecule has 2 rings (SSSR count). The third kappa shape index (κ3) is 2.11. The fourth-order valence-corrected chi connectivity index (χ4v) is 2.58. The number of benzene rings is 1. The molecule has 0 spiro atoms. The molecule has 1 atom stereocenters. The number of hydrogen-bond donors (Lipinski definition) is 1. The van der Waals surface area contributed by atoms with Crippen molar-refractivity contribution in [3.8, 4) is 5.75 Å². The van der Waals surface area contributed by atoms with E-state index >= 15 is 0 Å². The highest BCUT2D eigenvalue weighted by atomic mass is 19.1. The van der Waals surface area contributed by atoms with Gasteiger partial charge >= 0.3 is 5.97 Å². The number of ketones is 2. The SMILES string of the molecule is CCOC(=O)C1C(=O)c2ccc(O)c(F)c2C(C)(C)C1=O. The van der Waals surface area contributed by atoms with Crippen molar-refractivity contribution in [2.75, 3.05) is 6.61 Å². The largest absolute Gasteiger partial charge is 0.505 e. The Morgan fingerprint density at radius 2 is 2.00 bits per heavy atom. The Kier molecular flexibility index (Phi) is 3.57. The van der Waals surface area contributed by atoms with Gasteiger partial charge in [0.25, 0.3) is 0 Å². The van der Waals surface area contributed by atoms with Crippen molar-refractivity contribution in [1.29, 1.82) is 0 Å². The number of rotatable bonds is 2. The van der Waals surface area contributed by atoms with Crippen LogP contribution in [0.25, 0.3) is 0 Å². The molecule has 112 valence electrons. The fraction of sp³-hybridized carbons (Fsp3) is 0.400. The molecule has 0 radical (unpaired) electrons. The van der Waals surface area contributed by atoms with Crippen LogP contribution in [-0.4, -0.2) is 29.2 Å². The van der Waals surface area contributed by atoms with Crippen LogP contribution < -0.4 is 0 Å². The normalized spacial score (nSPS) is 20.1. The average Bonchev–Trinajstić information content (AvgIpc) is 2.40. The Morgan fingerprint density at radius 3 is 2.57 bits per heavy atom. The molecule has 0 fully saturated rings. The average molecular weight is 294 g/mol. The van der Waals surface area contributed by atoms with Crippen molar-refractivity contribution in [3.05, 3.63) is 29.1 Å². The molecule has 0 amide bonds. The van der Waals surface area contributed by atoms with Gasteiger partial charge in [-0.05, 0) is 32.9 Å². The number of esters is 1. The van der Waals surface area contributed by atoms with E-state index in [1.165, 1.54) is 19.9 Å². The summed E-state index contributed by atoms with van der Waals surface area (Å²) in [4.78, 5) is 36.6. The van der Waals surface area contributed by atoms with Gasteiger partial charge in [0, 0.05) is 11.1 Å². The number of Topliss-reactive ketones (excluding diaryl/α,β-unsaturated/α-hetero) is 2. The lowest BCUT2D eigenvalue weighted by Gasteiger charge is -2.34. The van der Waals surface area contributed by atoms with Gasteiger partial charge in [-0.25, -0.2) is 4.39 Å². The molecule has 21 heavy (non-hydrogen) atoms. The fourth-order valence-electron chi connectivity index (χ4n) is 2.58. The maximum absolute atomic E-state index is 14.1. The minimum atomic E-state index is -1.59. The number of aromatic hydroxyl groups is 1. The predicted octanol–water partition coefficient (Wildman–Crippen LogP) is 1.75. The van der Waals surface area contributed by atoms with Gasteiger partial charge in [-0.2, -0.15) is 0 Å². The van der Waals surface area contributed by atoms with Crippen LogP contribution in [0.3, 0.4) is 0 Å². The number of phenols is 1. The second-order valence-corrected chi connectivity index (χ2v) is 5.36. The topological polar surface area (TPSA) is 80.7 Å². The molecule has 1 aliphatic carbocycles. The van der Waals surface area contributed by atoms with Crippen LogP contribution in [0.15, 0.2) is 12.1 Å². The minimum Gasteiger partial charge on any atom is -0.505 e. The molecule has 0 heterocycles. The maximum Gasteiger partial charge on any atom is 0.324 e. The molecule has 0 aromatic heterocycles. The van der Waals surface area contributed by atoms with E-state index in [-0.39, 0.29) is 17.7 Å². The van der Waals surface area contributed by atoms with Gasteiger partial charge in [-0.15, -0.1) is 0 Å². The van der Waals surface area contributed by atoms with Crippen molar-refractivity contribution in [2.45, 2.75) is 26.2 Å². The zero-order valence-corrected chi connectivity index (χ0v) is 11.9. The lowest BCUT2D eigenvalue weighted by Crippen LogP contribution is -2.48. The smallest absolute Gasteiger partial charge is 0.324 e. The van der Waals surface area contributed by atoms with E-state index in [0.29, 0.717) is 0 Å². The molecule has 6 heteroatoms. The lowest BCUT2D eigenvalue weighted by atomic mass is 9.66. The van der Waals surface area contributed by atoms with Crippen molar-refractivity contribution < 1.29 is 28.6 Å². The summed E-state index contributed by atoms with van der Waals surface area (Å²) in [6, 6.07) is 2.25. The summed E-state index contributed by atoms with van der Waals surface area (Å²) < 4.78 is 18.9. The third-order valence-corrected chi connectivity index (χ3v) is 3.67. The predicted molar refractivity (Wildman–Crippen MR) is 70.6 cm³/mol. The summed E-state index contributed by atoms with van der Waals surface area (Å²) in [6.07, 6.45) is 0. The molecular weight excluding hydrogens is 279 g/mol. The van der Waals surface area contributed by atoms with Gasteiger partial charge in [0.05, 0.1) is 12.0 Å². The Morgan fingerprint density at radius 1 is 1.38 bits per heavy atom. The summed E-state index contributed by atoms with van der Waals surface area (Å²) in [5.74, 6) is -5.70. The molecule has 1 unspecified atom stereocenters. The van der Waals surface area contributed by atoms with E-state index in [0.717, 1.165) is 6.07 Å². The summed E-state index contributed by atoms with van der Waals surface area (Å²) >= 11 is 0. The van der Waals surface area contributed by atoms with Crippen molar-refractivity contribution in [3.63, 3.8) is 0 Å². The number of phenolic OH excluding ortho intramolecular Hbond substituents is 1. The van der Waals surface area contributed by atoms with Gasteiger partial charge < -0.3 is 9.84 Å². The number of carbonyl (C=O) groups excluding carboxylic acids is 3. The van der Waals surface area contributed by atoms with Crippen LogP contribution in [0.5, 0.6) is 5.75 Å². The zero-order chi connectivity index (χ0) is 15.9. The number of fused-ring (bicyclic) bond motifs is 1. The Labute approximate surface area is 120 Å². The first-order valence-corrected chi connectivity index (χ1v) is 6.50. The monoisotopic (exact) mass is 294 g/mol. The van der Waals surface area contributed by atoms with Crippen molar-refractivity contribution in [1.82, 2.24) is 0 Å². The Hall–Kier alpha value is -2.24. The van der Waals surface area contributed by atoms with Gasteiger partial charge in [0.15, 0.2) is 29.1 Å². The van der Waals surface area contributed by atoms with Crippen molar-refractivity contribution in [2.24, 2.45) is 5.92 Å². The van der Waals surface area contributed by atoms with Gasteiger partial charge in [0.2, 0.25) is 0 Å². The number of hydrogen-bond acceptors (Lipinski definition) is 5. The summed E-state index contributed by atoms with van der Waals surface area (Å²) in [5.41, 5.74) is -1.67. The molecule has 1 N–H and O–H groups in total. The van der Waals surface area contributed by atoms with Crippen LogP contribution in [-0.2, 0) is 19.7 Å². The standard InChI is InChI=1S/C15H15FO5/c1-4-21-14(20)9-12(18)7-5-6-8(17)11(16)10(7)15(2,3)13(9)19/h5-6,9,17H,4H2,1-3H3. The van der Waals surface area contributed by atoms with E-state index < -0.39 is 40.4 Å². The van der Waals surface area contributed by atoms with Gasteiger partial charge in [-0.1, -0.05) is 0 Å². The van der Waals surface area contributed by atoms with Crippen LogP contribution in [0, 0.1) is 11.7 Å². The van der Waals surface area contributed by atoms with Gasteiger partial charge in [0.1, 0.15) is 0 Å². The molecule has 5 nitrogen and oxygen atoms in total. The first-order valence-electron chi connectivity index (χ1n) is 6.50. The molecule has 1 aromatic rings. The number of ether oxygens (including phenoxy) is 1. The summed E-state index contributed by atoms with van der Waals surface area (Å²) in [7, 11) is 0. The van der Waals surface area contributed by atoms with E-state index in [1.54, 1.807) is 6.92 Å². The Balaban J connectivity index is 2.67. The minimum absolute atomic E-state index is 0.0348. The van der Waals surface area contributed by atoms with Crippen molar-refractivity contribution >= 4 is 17.5 Å². The van der Waals surface area contributed by atoms with Crippen LogP contribution >= 0.6 is 0 Å². The third-order valence-electron chi connectivity index (χ3n) is 3.67. The number of carbonyl (C=O) groups is 3. The molecule has 0 saturated carbocycles. The first-order chi connectivity index (χ1) is 9.73. The van der Waals surface area contributed by atoms with E-state index in [4.69, 9.17) is 4.74 Å². The van der Waals surface area contributed by atoms with Crippen LogP contribution in [0.2, 0.25) is 0 Å². The summed E-state index contributed by atoms with van der Waals surface area (Å²) in [6.45, 7) is 4.42. The van der Waals surface area contributed by atoms with E-state index in [2.05, 4.69) is 0 Å². The highest BCUT2D eigenvalue weighted by molar-refractivity contribution is 6.28. The molecule has 0 bridgehead atoms. The first kappa shape index (κ1) is 15.2. The molecule has 0 saturated heterocycles. The molecule has 0 aliphatic heterocycles. The van der Waals surface area contributed by atoms with Crippen LogP contribution in [0.1, 0.15) is 36.7 Å². The zero-order valence-electron chi connectivity index (χ0n) is 11.9. The van der Waals surface area contributed by atoms with E-state index in [9.17, 15) is 23.9 Å². The maximum atomic E-state index is 14.1. The molecule has 1 aliphatic rings.